The summed E-state index contributed by atoms with van der Waals surface area (Å²) in [7, 11) is 0. The van der Waals surface area contributed by atoms with Crippen LogP contribution in [0.25, 0.3) is 0 Å². The van der Waals surface area contributed by atoms with E-state index in [1.54, 1.807) is 0 Å². The lowest BCUT2D eigenvalue weighted by Crippen LogP contribution is -2.12. The van der Waals surface area contributed by atoms with Gasteiger partial charge in [0.15, 0.2) is 0 Å². The third-order valence-corrected chi connectivity index (χ3v) is 10.7. The van der Waals surface area contributed by atoms with Gasteiger partial charge in [-0.05, 0) is 25.7 Å². The molecule has 0 spiro atoms. The maximum atomic E-state index is 3.54. The molecule has 0 aliphatic carbocycles. The first kappa shape index (κ1) is 41.2. The Labute approximate surface area is 287 Å². The summed E-state index contributed by atoms with van der Waals surface area (Å²) >= 11 is 7.06. The summed E-state index contributed by atoms with van der Waals surface area (Å²) in [6.45, 7) is 0. The number of aromatic nitrogens is 2. The molecule has 1 aromatic rings. The molecule has 1 atom stereocenters. The molecule has 1 unspecified atom stereocenters. The van der Waals surface area contributed by atoms with Gasteiger partial charge < -0.3 is 0 Å². The number of H-pyrrole nitrogens is 2. The van der Waals surface area contributed by atoms with Crippen LogP contribution in [-0.2, 0) is 0 Å². The van der Waals surface area contributed by atoms with Gasteiger partial charge in [-0.15, -0.1) is 0 Å². The summed E-state index contributed by atoms with van der Waals surface area (Å²) in [5.74, 6) is 2.07. The molecule has 1 heterocycles. The van der Waals surface area contributed by atoms with Crippen LogP contribution in [0.15, 0.2) is 12.4 Å². The van der Waals surface area contributed by atoms with Crippen molar-refractivity contribution >= 4 is 31.9 Å². The van der Waals surface area contributed by atoms with Crippen molar-refractivity contribution in [3.8, 4) is 0 Å². The minimum atomic E-state index is 0.702. The molecule has 2 nitrogen and oxygen atoms in total. The molecule has 0 aliphatic rings. The second kappa shape index (κ2) is 35.0. The minimum absolute atomic E-state index is 0.702. The predicted octanol–water partition coefficient (Wildman–Crippen LogP) is 14.6. The Morgan fingerprint density at radius 2 is 0.651 bits per heavy atom. The molecule has 0 radical (unpaired) electrons. The van der Waals surface area contributed by atoms with Gasteiger partial charge in [-0.1, -0.05) is 218 Å². The number of rotatable bonds is 36. The van der Waals surface area contributed by atoms with Crippen molar-refractivity contribution in [2.45, 2.75) is 218 Å². The van der Waals surface area contributed by atoms with E-state index in [4.69, 9.17) is 0 Å². The first-order valence-corrected chi connectivity index (χ1v) is 21.8. The van der Waals surface area contributed by atoms with E-state index in [2.05, 4.69) is 54.2 Å². The second-order valence-electron chi connectivity index (χ2n) is 13.6. The van der Waals surface area contributed by atoms with Gasteiger partial charge in [0.1, 0.15) is 12.4 Å². The van der Waals surface area contributed by atoms with Crippen molar-refractivity contribution in [1.29, 1.82) is 0 Å². The molecule has 0 aromatic carbocycles. The molecule has 0 saturated heterocycles. The normalized spacial score (nSPS) is 12.3. The maximum absolute atomic E-state index is 3.54. The van der Waals surface area contributed by atoms with E-state index in [1.807, 2.05) is 0 Å². The average molecular weight is 732 g/mol. The van der Waals surface area contributed by atoms with Crippen LogP contribution in [0, 0.1) is 0 Å². The van der Waals surface area contributed by atoms with Crippen LogP contribution in [0.5, 0.6) is 0 Å². The number of hydrogen-bond acceptors (Lipinski definition) is 0. The lowest BCUT2D eigenvalue weighted by Gasteiger charge is -2.12. The largest absolute Gasteiger partial charge is 0.255 e. The van der Waals surface area contributed by atoms with Crippen molar-refractivity contribution in [1.82, 2.24) is 4.98 Å². The summed E-state index contributed by atoms with van der Waals surface area (Å²) in [5.41, 5.74) is 0. The number of imidazole rings is 1. The van der Waals surface area contributed by atoms with Gasteiger partial charge >= 0.3 is 0 Å². The van der Waals surface area contributed by atoms with Gasteiger partial charge in [0.25, 0.3) is 5.82 Å². The van der Waals surface area contributed by atoms with Crippen LogP contribution < -0.4 is 4.98 Å². The van der Waals surface area contributed by atoms with E-state index in [9.17, 15) is 0 Å². The van der Waals surface area contributed by atoms with Crippen molar-refractivity contribution in [2.75, 3.05) is 10.7 Å². The minimum Gasteiger partial charge on any atom is -0.247 e. The number of nitrogens with one attached hydrogen (secondary N) is 2. The quantitative estimate of drug-likeness (QED) is 0.0526. The Morgan fingerprint density at radius 3 is 0.884 bits per heavy atom. The van der Waals surface area contributed by atoms with E-state index in [1.165, 1.54) is 228 Å². The van der Waals surface area contributed by atoms with Gasteiger partial charge in [-0.25, -0.2) is 9.97 Å². The molecule has 0 bridgehead atoms. The van der Waals surface area contributed by atoms with Crippen LogP contribution >= 0.6 is 31.9 Å². The van der Waals surface area contributed by atoms with Crippen LogP contribution in [0.3, 0.4) is 0 Å². The highest BCUT2D eigenvalue weighted by atomic mass is 79.9. The number of unbranched alkanes of at least 4 members (excludes halogenated alkanes) is 29. The molecule has 2 N–H and O–H groups in total. The summed E-state index contributed by atoms with van der Waals surface area (Å²) in [4.78, 5) is 6.97. The fraction of sp³-hybridized carbons (Fsp3) is 0.923. The van der Waals surface area contributed by atoms with Gasteiger partial charge in [0.05, 0.1) is 5.92 Å². The smallest absolute Gasteiger partial charge is 0.247 e. The first-order valence-electron chi connectivity index (χ1n) is 19.6. The fourth-order valence-corrected chi connectivity index (χ4v) is 7.51. The third-order valence-electron chi connectivity index (χ3n) is 9.59. The third kappa shape index (κ3) is 29.3. The summed E-state index contributed by atoms with van der Waals surface area (Å²) < 4.78 is 0. The zero-order valence-electron chi connectivity index (χ0n) is 28.7. The molecule has 0 fully saturated rings. The predicted molar refractivity (Wildman–Crippen MR) is 200 cm³/mol. The van der Waals surface area contributed by atoms with Gasteiger partial charge in [0, 0.05) is 10.7 Å². The SMILES string of the molecule is BrCCCCCCCCCCCCCCCCCCCCCCCC(CCCCCCCCCCCCBr)c1[nH]cc[nH+]1. The standard InChI is InChI=1S/C39H74Br2N2/c40-34-30-26-22-18-14-11-9-7-5-3-1-2-4-6-8-10-12-16-20-24-28-32-38(39-42-36-37-43-39)33-29-25-21-17-13-15-19-23-27-31-35-41/h36-38H,1-35H2,(H,42,43)/p+1. The monoisotopic (exact) mass is 729 g/mol. The van der Waals surface area contributed by atoms with Gasteiger partial charge in [-0.2, -0.15) is 0 Å². The van der Waals surface area contributed by atoms with Crippen molar-refractivity contribution in [2.24, 2.45) is 0 Å². The molecular weight excluding hydrogens is 656 g/mol. The fourth-order valence-electron chi connectivity index (χ4n) is 6.72. The van der Waals surface area contributed by atoms with Crippen LogP contribution in [-0.4, -0.2) is 15.6 Å². The molecule has 43 heavy (non-hydrogen) atoms. The molecule has 0 aliphatic heterocycles. The Bertz CT molecular complexity index is 621. The Hall–Kier alpha value is 0.170. The van der Waals surface area contributed by atoms with Crippen molar-refractivity contribution in [3.63, 3.8) is 0 Å². The van der Waals surface area contributed by atoms with Gasteiger partial charge in [-0.3, -0.25) is 0 Å². The Balaban J connectivity index is 1.85. The molecule has 0 saturated carbocycles. The number of aromatic amines is 2. The summed E-state index contributed by atoms with van der Waals surface area (Å²) in [6.07, 6.45) is 51.5. The topological polar surface area (TPSA) is 29.9 Å². The highest BCUT2D eigenvalue weighted by Crippen LogP contribution is 2.25. The van der Waals surface area contributed by atoms with E-state index in [0.717, 1.165) is 0 Å². The van der Waals surface area contributed by atoms with Crippen LogP contribution in [0.2, 0.25) is 0 Å². The molecule has 0 amide bonds. The highest BCUT2D eigenvalue weighted by Gasteiger charge is 2.18. The summed E-state index contributed by atoms with van der Waals surface area (Å²) in [5, 5.41) is 2.36. The van der Waals surface area contributed by atoms with Crippen molar-refractivity contribution in [3.05, 3.63) is 18.2 Å². The molecule has 1 aromatic heterocycles. The van der Waals surface area contributed by atoms with E-state index in [0.29, 0.717) is 5.92 Å². The van der Waals surface area contributed by atoms with Gasteiger partial charge in [0.2, 0.25) is 0 Å². The molecule has 1 rings (SSSR count). The van der Waals surface area contributed by atoms with Crippen LogP contribution in [0.4, 0.5) is 0 Å². The van der Waals surface area contributed by atoms with E-state index in [-0.39, 0.29) is 0 Å². The number of alkyl halides is 2. The highest BCUT2D eigenvalue weighted by molar-refractivity contribution is 9.09. The average Bonchev–Trinajstić information content (AvgIpc) is 3.56. The molecule has 254 valence electrons. The lowest BCUT2D eigenvalue weighted by molar-refractivity contribution is -0.391. The Kier molecular flexibility index (Phi) is 33.6. The van der Waals surface area contributed by atoms with E-state index >= 15 is 0 Å². The summed E-state index contributed by atoms with van der Waals surface area (Å²) in [6, 6.07) is 0. The zero-order valence-corrected chi connectivity index (χ0v) is 31.9. The first-order chi connectivity index (χ1) is 21.4. The second-order valence-corrected chi connectivity index (χ2v) is 15.2. The number of halogens is 2. The Morgan fingerprint density at radius 1 is 0.395 bits per heavy atom. The molecule has 4 heteroatoms. The molecular formula is C39H75Br2N2+. The zero-order chi connectivity index (χ0) is 30.7. The lowest BCUT2D eigenvalue weighted by atomic mass is 9.93. The van der Waals surface area contributed by atoms with Crippen molar-refractivity contribution < 1.29 is 4.98 Å². The van der Waals surface area contributed by atoms with Crippen LogP contribution in [0.1, 0.15) is 224 Å². The van der Waals surface area contributed by atoms with E-state index < -0.39 is 0 Å². The maximum Gasteiger partial charge on any atom is 0.255 e. The number of hydrogen-bond donors (Lipinski definition) is 1.